The van der Waals surface area contributed by atoms with Crippen molar-refractivity contribution in [3.63, 3.8) is 0 Å². The molecule has 0 radical (unpaired) electrons. The van der Waals surface area contributed by atoms with Gasteiger partial charge in [-0.3, -0.25) is 0 Å². The van der Waals surface area contributed by atoms with Crippen LogP contribution in [-0.4, -0.2) is 37.7 Å². The van der Waals surface area contributed by atoms with Gasteiger partial charge in [0, 0.05) is 18.1 Å². The summed E-state index contributed by atoms with van der Waals surface area (Å²) in [6.07, 6.45) is 1.10. The third-order valence-corrected chi connectivity index (χ3v) is 2.73. The standard InChI is InChI=1S/C19H20O6/c1-3-23-18(21)16(19(22)24-4-2)14-17(20)25-13-9-8-12-15-10-6-5-7-11-15/h5-7,10-11,14H,3-4,9,13H2,1-2H3. The molecule has 0 amide bonds. The highest BCUT2D eigenvalue weighted by Crippen LogP contribution is 2.03. The Morgan fingerprint density at radius 2 is 1.56 bits per heavy atom. The van der Waals surface area contributed by atoms with Gasteiger partial charge in [-0.05, 0) is 26.0 Å². The van der Waals surface area contributed by atoms with E-state index in [-0.39, 0.29) is 19.8 Å². The average molecular weight is 344 g/mol. The third kappa shape index (κ3) is 7.84. The maximum Gasteiger partial charge on any atom is 0.345 e. The number of esters is 3. The van der Waals surface area contributed by atoms with Crippen LogP contribution in [0.4, 0.5) is 0 Å². The number of ether oxygens (including phenoxy) is 3. The molecule has 0 spiro atoms. The average Bonchev–Trinajstić information content (AvgIpc) is 2.60. The second kappa shape index (κ2) is 11.5. The third-order valence-electron chi connectivity index (χ3n) is 2.73. The molecule has 1 aromatic rings. The number of carbonyl (C=O) groups is 3. The Hall–Kier alpha value is -3.07. The maximum absolute atomic E-state index is 11.7. The molecule has 0 heterocycles. The van der Waals surface area contributed by atoms with Crippen LogP contribution in [0.1, 0.15) is 25.8 Å². The number of rotatable bonds is 7. The summed E-state index contributed by atoms with van der Waals surface area (Å²) >= 11 is 0. The van der Waals surface area contributed by atoms with Crippen molar-refractivity contribution >= 4 is 17.9 Å². The van der Waals surface area contributed by atoms with E-state index in [0.717, 1.165) is 11.6 Å². The van der Waals surface area contributed by atoms with Crippen molar-refractivity contribution in [3.8, 4) is 11.8 Å². The monoisotopic (exact) mass is 344 g/mol. The van der Waals surface area contributed by atoms with Gasteiger partial charge in [0.15, 0.2) is 5.57 Å². The molecular formula is C19H20O6. The summed E-state index contributed by atoms with van der Waals surface area (Å²) in [5, 5.41) is 0. The highest BCUT2D eigenvalue weighted by molar-refractivity contribution is 6.17. The summed E-state index contributed by atoms with van der Waals surface area (Å²) in [5.74, 6) is 3.10. The van der Waals surface area contributed by atoms with Crippen molar-refractivity contribution in [2.45, 2.75) is 20.3 Å². The van der Waals surface area contributed by atoms with Crippen LogP contribution >= 0.6 is 0 Å². The topological polar surface area (TPSA) is 78.9 Å². The predicted molar refractivity (Wildman–Crippen MR) is 90.2 cm³/mol. The molecule has 0 bridgehead atoms. The highest BCUT2D eigenvalue weighted by atomic mass is 16.6. The van der Waals surface area contributed by atoms with E-state index in [1.54, 1.807) is 13.8 Å². The largest absolute Gasteiger partial charge is 0.462 e. The Morgan fingerprint density at radius 1 is 0.960 bits per heavy atom. The lowest BCUT2D eigenvalue weighted by molar-refractivity contribution is -0.148. The van der Waals surface area contributed by atoms with Crippen molar-refractivity contribution in [2.75, 3.05) is 19.8 Å². The van der Waals surface area contributed by atoms with Gasteiger partial charge in [-0.2, -0.15) is 0 Å². The van der Waals surface area contributed by atoms with Crippen LogP contribution < -0.4 is 0 Å². The molecule has 25 heavy (non-hydrogen) atoms. The van der Waals surface area contributed by atoms with Crippen LogP contribution in [0.5, 0.6) is 0 Å². The summed E-state index contributed by atoms with van der Waals surface area (Å²) in [5.41, 5.74) is 0.365. The normalized spacial score (nSPS) is 9.20. The fourth-order valence-electron chi connectivity index (χ4n) is 1.67. The van der Waals surface area contributed by atoms with Gasteiger partial charge in [-0.1, -0.05) is 30.0 Å². The van der Waals surface area contributed by atoms with E-state index in [1.807, 2.05) is 30.3 Å². The Kier molecular flexibility index (Phi) is 9.16. The van der Waals surface area contributed by atoms with E-state index in [4.69, 9.17) is 14.2 Å². The van der Waals surface area contributed by atoms with E-state index in [2.05, 4.69) is 11.8 Å². The summed E-state index contributed by atoms with van der Waals surface area (Å²) in [7, 11) is 0. The molecule has 0 fully saturated rings. The highest BCUT2D eigenvalue weighted by Gasteiger charge is 2.22. The first-order valence-electron chi connectivity index (χ1n) is 7.85. The molecule has 6 nitrogen and oxygen atoms in total. The first-order valence-corrected chi connectivity index (χ1v) is 7.85. The van der Waals surface area contributed by atoms with Gasteiger partial charge >= 0.3 is 17.9 Å². The summed E-state index contributed by atoms with van der Waals surface area (Å²) in [6, 6.07) is 9.38. The molecule has 0 aliphatic carbocycles. The van der Waals surface area contributed by atoms with E-state index in [0.29, 0.717) is 6.42 Å². The van der Waals surface area contributed by atoms with Crippen molar-refractivity contribution in [1.29, 1.82) is 0 Å². The van der Waals surface area contributed by atoms with E-state index in [9.17, 15) is 14.4 Å². The van der Waals surface area contributed by atoms with Crippen LogP contribution in [0.2, 0.25) is 0 Å². The fraction of sp³-hybridized carbons (Fsp3) is 0.316. The smallest absolute Gasteiger partial charge is 0.345 e. The van der Waals surface area contributed by atoms with Crippen LogP contribution in [0.15, 0.2) is 42.0 Å². The second-order valence-electron chi connectivity index (χ2n) is 4.58. The molecule has 0 atom stereocenters. The lowest BCUT2D eigenvalue weighted by atomic mass is 10.2. The van der Waals surface area contributed by atoms with Gasteiger partial charge < -0.3 is 14.2 Å². The van der Waals surface area contributed by atoms with Crippen LogP contribution in [0.3, 0.4) is 0 Å². The minimum atomic E-state index is -0.929. The van der Waals surface area contributed by atoms with E-state index in [1.165, 1.54) is 0 Å². The van der Waals surface area contributed by atoms with Crippen molar-refractivity contribution in [1.82, 2.24) is 0 Å². The molecule has 0 saturated carbocycles. The Labute approximate surface area is 146 Å². The quantitative estimate of drug-likeness (QED) is 0.143. The number of hydrogen-bond acceptors (Lipinski definition) is 6. The molecule has 1 rings (SSSR count). The van der Waals surface area contributed by atoms with Gasteiger partial charge in [0.1, 0.15) is 6.61 Å². The van der Waals surface area contributed by atoms with Crippen LogP contribution in [0.25, 0.3) is 0 Å². The zero-order chi connectivity index (χ0) is 18.5. The summed E-state index contributed by atoms with van der Waals surface area (Å²) in [6.45, 7) is 3.35. The van der Waals surface area contributed by atoms with Crippen molar-refractivity contribution in [3.05, 3.63) is 47.5 Å². The van der Waals surface area contributed by atoms with Crippen LogP contribution in [-0.2, 0) is 28.6 Å². The molecule has 0 unspecified atom stereocenters. The second-order valence-corrected chi connectivity index (χ2v) is 4.58. The molecule has 0 N–H and O–H groups in total. The van der Waals surface area contributed by atoms with Gasteiger partial charge in [-0.25, -0.2) is 14.4 Å². The van der Waals surface area contributed by atoms with Crippen molar-refractivity contribution in [2.24, 2.45) is 0 Å². The molecule has 1 aromatic carbocycles. The molecule has 6 heteroatoms. The molecule has 0 aromatic heterocycles. The number of carbonyl (C=O) groups excluding carboxylic acids is 3. The lowest BCUT2D eigenvalue weighted by Gasteiger charge is -2.06. The lowest BCUT2D eigenvalue weighted by Crippen LogP contribution is -2.20. The first-order chi connectivity index (χ1) is 12.1. The SMILES string of the molecule is CCOC(=O)C(=CC(=O)OCCC#Cc1ccccc1)C(=O)OCC. The molecule has 0 saturated heterocycles. The molecule has 0 aliphatic heterocycles. The zero-order valence-corrected chi connectivity index (χ0v) is 14.2. The van der Waals surface area contributed by atoms with E-state index >= 15 is 0 Å². The minimum absolute atomic E-state index is 0.0358. The predicted octanol–water partition coefficient (Wildman–Crippen LogP) is 2.02. The summed E-state index contributed by atoms with van der Waals surface area (Å²) < 4.78 is 14.4. The first kappa shape index (κ1) is 20.0. The van der Waals surface area contributed by atoms with Gasteiger partial charge in [-0.15, -0.1) is 0 Å². The van der Waals surface area contributed by atoms with Gasteiger partial charge in [0.25, 0.3) is 0 Å². The molecular weight excluding hydrogens is 324 g/mol. The Bertz CT molecular complexity index is 659. The summed E-state index contributed by atoms with van der Waals surface area (Å²) in [4.78, 5) is 35.2. The van der Waals surface area contributed by atoms with Crippen molar-refractivity contribution < 1.29 is 28.6 Å². The Balaban J connectivity index is 2.57. The fourth-order valence-corrected chi connectivity index (χ4v) is 1.67. The minimum Gasteiger partial charge on any atom is -0.462 e. The number of benzene rings is 1. The molecule has 0 aliphatic rings. The van der Waals surface area contributed by atoms with Gasteiger partial charge in [0.2, 0.25) is 0 Å². The Morgan fingerprint density at radius 3 is 2.12 bits per heavy atom. The zero-order valence-electron chi connectivity index (χ0n) is 14.2. The van der Waals surface area contributed by atoms with Crippen LogP contribution in [0, 0.1) is 11.8 Å². The number of hydrogen-bond donors (Lipinski definition) is 0. The van der Waals surface area contributed by atoms with Gasteiger partial charge in [0.05, 0.1) is 13.2 Å². The maximum atomic E-state index is 11.7. The molecule has 132 valence electrons. The van der Waals surface area contributed by atoms with E-state index < -0.39 is 23.5 Å².